The zero-order valence-corrected chi connectivity index (χ0v) is 15.8. The highest BCUT2D eigenvalue weighted by Crippen LogP contribution is 2.29. The predicted octanol–water partition coefficient (Wildman–Crippen LogP) is 4.42. The number of para-hydroxylation sites is 1. The van der Waals surface area contributed by atoms with Crippen molar-refractivity contribution >= 4 is 27.7 Å². The quantitative estimate of drug-likeness (QED) is 0.843. The van der Waals surface area contributed by atoms with E-state index in [1.807, 2.05) is 38.1 Å². The standard InChI is InChI=1S/C16H21NO3S.C2H6/c1-15(2,3)20-14(18)16(4,5)21(19)13-10-17-12-9-7-6-8-11(12)13;1-2/h6-10,17H,1-5H3;1-2H3. The van der Waals surface area contributed by atoms with Gasteiger partial charge >= 0.3 is 5.97 Å². The summed E-state index contributed by atoms with van der Waals surface area (Å²) in [7, 11) is -1.51. The van der Waals surface area contributed by atoms with Crippen LogP contribution in [0.4, 0.5) is 0 Å². The minimum atomic E-state index is -1.51. The molecule has 1 aromatic carbocycles. The van der Waals surface area contributed by atoms with Gasteiger partial charge in [0.25, 0.3) is 0 Å². The highest BCUT2D eigenvalue weighted by molar-refractivity contribution is 7.87. The molecule has 1 unspecified atom stereocenters. The predicted molar refractivity (Wildman–Crippen MR) is 96.0 cm³/mol. The van der Waals surface area contributed by atoms with Gasteiger partial charge in [-0.15, -0.1) is 0 Å². The second kappa shape index (κ2) is 7.30. The summed E-state index contributed by atoms with van der Waals surface area (Å²) in [6, 6.07) is 7.60. The van der Waals surface area contributed by atoms with Crippen molar-refractivity contribution in [2.24, 2.45) is 0 Å². The fraction of sp³-hybridized carbons (Fsp3) is 0.500. The van der Waals surface area contributed by atoms with Gasteiger partial charge in [-0.3, -0.25) is 9.00 Å². The smallest absolute Gasteiger partial charge is 0.325 e. The third kappa shape index (κ3) is 4.44. The minimum absolute atomic E-state index is 0.460. The molecule has 0 aliphatic heterocycles. The van der Waals surface area contributed by atoms with Crippen molar-refractivity contribution in [3.63, 3.8) is 0 Å². The highest BCUT2D eigenvalue weighted by Gasteiger charge is 2.40. The number of esters is 1. The van der Waals surface area contributed by atoms with Gasteiger partial charge < -0.3 is 9.72 Å². The first-order valence-electron chi connectivity index (χ1n) is 7.84. The van der Waals surface area contributed by atoms with E-state index in [-0.39, 0.29) is 0 Å². The maximum atomic E-state index is 12.9. The van der Waals surface area contributed by atoms with Crippen LogP contribution in [0.1, 0.15) is 48.5 Å². The Hall–Kier alpha value is -1.62. The van der Waals surface area contributed by atoms with E-state index >= 15 is 0 Å². The Kier molecular flexibility index (Phi) is 6.17. The van der Waals surface area contributed by atoms with Crippen molar-refractivity contribution in [2.45, 2.75) is 63.7 Å². The zero-order chi connectivity index (χ0) is 17.8. The van der Waals surface area contributed by atoms with Crippen LogP contribution in [0.2, 0.25) is 0 Å². The van der Waals surface area contributed by atoms with E-state index in [4.69, 9.17) is 4.74 Å². The molecule has 1 N–H and O–H groups in total. The lowest BCUT2D eigenvalue weighted by molar-refractivity contribution is -0.157. The Labute approximate surface area is 141 Å². The van der Waals surface area contributed by atoms with Gasteiger partial charge in [0.05, 0.1) is 15.7 Å². The first kappa shape index (κ1) is 19.4. The van der Waals surface area contributed by atoms with Gasteiger partial charge in [-0.2, -0.15) is 0 Å². The van der Waals surface area contributed by atoms with Crippen LogP contribution in [0.5, 0.6) is 0 Å². The van der Waals surface area contributed by atoms with E-state index in [0.717, 1.165) is 10.9 Å². The van der Waals surface area contributed by atoms with Crippen LogP contribution in [0.25, 0.3) is 10.9 Å². The van der Waals surface area contributed by atoms with Crippen LogP contribution in [0.15, 0.2) is 35.4 Å². The van der Waals surface area contributed by atoms with Crippen molar-refractivity contribution in [2.75, 3.05) is 0 Å². The van der Waals surface area contributed by atoms with Gasteiger partial charge in [-0.25, -0.2) is 0 Å². The van der Waals surface area contributed by atoms with E-state index in [0.29, 0.717) is 4.90 Å². The lowest BCUT2D eigenvalue weighted by atomic mass is 10.1. The summed E-state index contributed by atoms with van der Waals surface area (Å²) < 4.78 is 17.1. The Bertz CT molecular complexity index is 696. The number of hydrogen-bond acceptors (Lipinski definition) is 3. The van der Waals surface area contributed by atoms with Crippen LogP contribution in [0.3, 0.4) is 0 Å². The Morgan fingerprint density at radius 3 is 2.22 bits per heavy atom. The van der Waals surface area contributed by atoms with E-state index in [2.05, 4.69) is 4.98 Å². The average molecular weight is 337 g/mol. The molecule has 4 nitrogen and oxygen atoms in total. The number of fused-ring (bicyclic) bond motifs is 1. The molecule has 1 aromatic heterocycles. The summed E-state index contributed by atoms with van der Waals surface area (Å²) in [6.45, 7) is 12.7. The number of ether oxygens (including phenoxy) is 1. The summed E-state index contributed by atoms with van der Waals surface area (Å²) >= 11 is 0. The molecule has 2 rings (SSSR count). The molecule has 128 valence electrons. The molecule has 0 bridgehead atoms. The molecule has 5 heteroatoms. The molecule has 1 atom stereocenters. The summed E-state index contributed by atoms with van der Waals surface area (Å²) in [5.74, 6) is -0.460. The van der Waals surface area contributed by atoms with Crippen molar-refractivity contribution in [1.82, 2.24) is 4.98 Å². The Morgan fingerprint density at radius 1 is 1.09 bits per heavy atom. The SMILES string of the molecule is CC.CC(C)(C)OC(=O)C(C)(C)S(=O)c1c[nH]c2ccccc12. The number of aromatic amines is 1. The van der Waals surface area contributed by atoms with Gasteiger partial charge in [0.1, 0.15) is 10.3 Å². The summed E-state index contributed by atoms with van der Waals surface area (Å²) in [6.07, 6.45) is 1.70. The number of carbonyl (C=O) groups excluding carboxylic acids is 1. The molecule has 0 radical (unpaired) electrons. The number of carbonyl (C=O) groups is 1. The van der Waals surface area contributed by atoms with Crippen LogP contribution in [-0.4, -0.2) is 25.5 Å². The lowest BCUT2D eigenvalue weighted by Crippen LogP contribution is -2.42. The fourth-order valence-electron chi connectivity index (χ4n) is 1.95. The third-order valence-electron chi connectivity index (χ3n) is 3.10. The van der Waals surface area contributed by atoms with E-state index < -0.39 is 27.1 Å². The Balaban J connectivity index is 0.00000127. The monoisotopic (exact) mass is 337 g/mol. The molecule has 23 heavy (non-hydrogen) atoms. The molecule has 0 spiro atoms. The van der Waals surface area contributed by atoms with Gasteiger partial charge in [0.2, 0.25) is 0 Å². The molecule has 0 amide bonds. The van der Waals surface area contributed by atoms with Crippen molar-refractivity contribution < 1.29 is 13.7 Å². The molecule has 0 saturated heterocycles. The normalized spacial score (nSPS) is 13.2. The maximum absolute atomic E-state index is 12.9. The summed E-state index contributed by atoms with van der Waals surface area (Å²) in [5.41, 5.74) is 0.305. The molecule has 0 fully saturated rings. The second-order valence-electron chi connectivity index (χ2n) is 6.48. The highest BCUT2D eigenvalue weighted by atomic mass is 32.2. The van der Waals surface area contributed by atoms with Crippen LogP contribution in [0, 0.1) is 0 Å². The van der Waals surface area contributed by atoms with Gasteiger partial charge in [0, 0.05) is 17.1 Å². The molecule has 2 aromatic rings. The van der Waals surface area contributed by atoms with E-state index in [1.54, 1.807) is 40.8 Å². The lowest BCUT2D eigenvalue weighted by Gasteiger charge is -2.27. The summed E-state index contributed by atoms with van der Waals surface area (Å²) in [5, 5.41) is 0.868. The molecular weight excluding hydrogens is 310 g/mol. The second-order valence-corrected chi connectivity index (χ2v) is 8.48. The van der Waals surface area contributed by atoms with Crippen molar-refractivity contribution in [1.29, 1.82) is 0 Å². The van der Waals surface area contributed by atoms with Crippen LogP contribution < -0.4 is 0 Å². The van der Waals surface area contributed by atoms with E-state index in [9.17, 15) is 9.00 Å². The summed E-state index contributed by atoms with van der Waals surface area (Å²) in [4.78, 5) is 16.0. The van der Waals surface area contributed by atoms with Crippen LogP contribution in [-0.2, 0) is 20.3 Å². The molecule has 0 aliphatic carbocycles. The van der Waals surface area contributed by atoms with Crippen molar-refractivity contribution in [3.05, 3.63) is 30.5 Å². The van der Waals surface area contributed by atoms with Crippen LogP contribution >= 0.6 is 0 Å². The minimum Gasteiger partial charge on any atom is -0.459 e. The number of hydrogen-bond donors (Lipinski definition) is 1. The zero-order valence-electron chi connectivity index (χ0n) is 15.0. The number of nitrogens with one attached hydrogen (secondary N) is 1. The number of benzene rings is 1. The van der Waals surface area contributed by atoms with Gasteiger partial charge in [0.15, 0.2) is 0 Å². The fourth-order valence-corrected chi connectivity index (χ4v) is 3.24. The van der Waals surface area contributed by atoms with Gasteiger partial charge in [-0.1, -0.05) is 32.0 Å². The first-order valence-corrected chi connectivity index (χ1v) is 8.99. The molecule has 1 heterocycles. The number of aromatic nitrogens is 1. The van der Waals surface area contributed by atoms with E-state index in [1.165, 1.54) is 0 Å². The van der Waals surface area contributed by atoms with Gasteiger partial charge in [-0.05, 0) is 40.7 Å². The number of rotatable bonds is 3. The Morgan fingerprint density at radius 2 is 1.65 bits per heavy atom. The first-order chi connectivity index (χ1) is 10.6. The number of H-pyrrole nitrogens is 1. The largest absolute Gasteiger partial charge is 0.459 e. The molecule has 0 saturated carbocycles. The molecule has 0 aliphatic rings. The average Bonchev–Trinajstić information content (AvgIpc) is 2.90. The third-order valence-corrected chi connectivity index (χ3v) is 4.94. The topological polar surface area (TPSA) is 59.2 Å². The maximum Gasteiger partial charge on any atom is 0.325 e. The molecular formula is C18H27NO3S. The van der Waals surface area contributed by atoms with Crippen molar-refractivity contribution in [3.8, 4) is 0 Å².